The minimum atomic E-state index is -1.21. The van der Waals surface area contributed by atoms with E-state index >= 15 is 0 Å². The average Bonchev–Trinajstić information content (AvgIpc) is 2.25. The fourth-order valence-corrected chi connectivity index (χ4v) is 2.39. The van der Waals surface area contributed by atoms with Crippen LogP contribution >= 0.6 is 0 Å². The molecule has 4 heteroatoms. The van der Waals surface area contributed by atoms with Crippen molar-refractivity contribution in [1.82, 2.24) is 5.32 Å². The third-order valence-electron chi connectivity index (χ3n) is 2.02. The molecule has 0 saturated heterocycles. The maximum Gasteiger partial charge on any atom is 0.139 e. The summed E-state index contributed by atoms with van der Waals surface area (Å²) in [5, 5.41) is 3.14. The topological polar surface area (TPSA) is 29.1 Å². The fourth-order valence-electron chi connectivity index (χ4n) is 1.24. The first-order valence-corrected chi connectivity index (χ1v) is 6.41. The smallest absolute Gasteiger partial charge is 0.139 e. The summed E-state index contributed by atoms with van der Waals surface area (Å²) in [6.45, 7) is 3.76. The van der Waals surface area contributed by atoms with E-state index in [4.69, 9.17) is 0 Å². The molecule has 0 fully saturated rings. The molecule has 1 rings (SSSR count). The molecule has 0 bridgehead atoms. The Morgan fingerprint density at radius 3 is 2.80 bits per heavy atom. The molecule has 0 aliphatic carbocycles. The molecule has 0 saturated carbocycles. The van der Waals surface area contributed by atoms with Gasteiger partial charge >= 0.3 is 0 Å². The third kappa shape index (κ3) is 4.10. The van der Waals surface area contributed by atoms with E-state index in [9.17, 15) is 8.60 Å². The molecule has 1 unspecified atom stereocenters. The number of rotatable bonds is 6. The van der Waals surface area contributed by atoms with Crippen molar-refractivity contribution in [2.24, 2.45) is 0 Å². The molecule has 2 nitrogen and oxygen atoms in total. The van der Waals surface area contributed by atoms with E-state index < -0.39 is 10.8 Å². The summed E-state index contributed by atoms with van der Waals surface area (Å²) in [7, 11) is -1.21. The summed E-state index contributed by atoms with van der Waals surface area (Å²) >= 11 is 0. The maximum atomic E-state index is 13.2. The number of halogens is 1. The molecule has 0 spiro atoms. The lowest BCUT2D eigenvalue weighted by atomic mass is 10.3. The quantitative estimate of drug-likeness (QED) is 0.755. The predicted molar refractivity (Wildman–Crippen MR) is 60.8 cm³/mol. The second kappa shape index (κ2) is 6.69. The van der Waals surface area contributed by atoms with Crippen LogP contribution in [0, 0.1) is 5.82 Å². The van der Waals surface area contributed by atoms with Gasteiger partial charge in [-0.25, -0.2) is 4.39 Å². The maximum absolute atomic E-state index is 13.2. The molecule has 0 aliphatic rings. The average molecular weight is 229 g/mol. The second-order valence-corrected chi connectivity index (χ2v) is 4.73. The molecule has 1 aromatic carbocycles. The van der Waals surface area contributed by atoms with Crippen LogP contribution in [0.4, 0.5) is 4.39 Å². The van der Waals surface area contributed by atoms with E-state index in [1.807, 2.05) is 6.92 Å². The van der Waals surface area contributed by atoms with E-state index in [2.05, 4.69) is 5.32 Å². The molecule has 0 aliphatic heterocycles. The normalized spacial score (nSPS) is 12.7. The number of benzene rings is 1. The van der Waals surface area contributed by atoms with Crippen LogP contribution in [0.1, 0.15) is 13.3 Å². The zero-order valence-electron chi connectivity index (χ0n) is 8.83. The minimum absolute atomic E-state index is 0.314. The molecule has 1 aromatic rings. The van der Waals surface area contributed by atoms with E-state index in [1.165, 1.54) is 6.07 Å². The van der Waals surface area contributed by atoms with Gasteiger partial charge in [0.2, 0.25) is 0 Å². The van der Waals surface area contributed by atoms with Crippen LogP contribution in [0.3, 0.4) is 0 Å². The van der Waals surface area contributed by atoms with Gasteiger partial charge in [0.15, 0.2) is 0 Å². The molecule has 1 atom stereocenters. The van der Waals surface area contributed by atoms with Crippen molar-refractivity contribution in [3.05, 3.63) is 30.1 Å². The van der Waals surface area contributed by atoms with E-state index in [0.29, 0.717) is 10.6 Å². The van der Waals surface area contributed by atoms with Gasteiger partial charge < -0.3 is 5.32 Å². The van der Waals surface area contributed by atoms with Crippen molar-refractivity contribution in [2.45, 2.75) is 18.2 Å². The zero-order chi connectivity index (χ0) is 11.1. The van der Waals surface area contributed by atoms with Gasteiger partial charge in [0.1, 0.15) is 5.82 Å². The Kier molecular flexibility index (Phi) is 5.50. The standard InChI is InChI=1S/C11H16FNOS/c1-2-13-8-5-9-15(14)11-7-4-3-6-10(11)12/h3-4,6-7,13H,2,5,8-9H2,1H3. The molecule has 0 heterocycles. The van der Waals surface area contributed by atoms with Crippen molar-refractivity contribution in [3.8, 4) is 0 Å². The monoisotopic (exact) mass is 229 g/mol. The molecule has 0 amide bonds. The van der Waals surface area contributed by atoms with Gasteiger partial charge in [-0.05, 0) is 31.6 Å². The molecular formula is C11H16FNOS. The van der Waals surface area contributed by atoms with Gasteiger partial charge in [0, 0.05) is 5.75 Å². The Morgan fingerprint density at radius 2 is 2.13 bits per heavy atom. The Bertz CT molecular complexity index is 330. The van der Waals surface area contributed by atoms with Crippen molar-refractivity contribution in [3.63, 3.8) is 0 Å². The van der Waals surface area contributed by atoms with Crippen LogP contribution in [0.15, 0.2) is 29.2 Å². The minimum Gasteiger partial charge on any atom is -0.317 e. The summed E-state index contributed by atoms with van der Waals surface area (Å²) in [6, 6.07) is 6.24. The highest BCUT2D eigenvalue weighted by atomic mass is 32.2. The van der Waals surface area contributed by atoms with Gasteiger partial charge in [-0.3, -0.25) is 4.21 Å². The Balaban J connectivity index is 2.44. The first kappa shape index (κ1) is 12.3. The first-order valence-electron chi connectivity index (χ1n) is 5.09. The van der Waals surface area contributed by atoms with E-state index in [-0.39, 0.29) is 5.82 Å². The van der Waals surface area contributed by atoms with E-state index in [0.717, 1.165) is 19.5 Å². The summed E-state index contributed by atoms with van der Waals surface area (Å²) in [4.78, 5) is 0.314. The predicted octanol–water partition coefficient (Wildman–Crippen LogP) is 1.93. The summed E-state index contributed by atoms with van der Waals surface area (Å²) < 4.78 is 24.9. The van der Waals surface area contributed by atoms with Crippen LogP contribution in [-0.2, 0) is 10.8 Å². The van der Waals surface area contributed by atoms with Gasteiger partial charge in [-0.15, -0.1) is 0 Å². The van der Waals surface area contributed by atoms with E-state index in [1.54, 1.807) is 18.2 Å². The first-order chi connectivity index (χ1) is 7.25. The highest BCUT2D eigenvalue weighted by molar-refractivity contribution is 7.85. The second-order valence-electron chi connectivity index (χ2n) is 3.19. The zero-order valence-corrected chi connectivity index (χ0v) is 9.65. The van der Waals surface area contributed by atoms with Crippen molar-refractivity contribution >= 4 is 10.8 Å². The van der Waals surface area contributed by atoms with Crippen molar-refractivity contribution < 1.29 is 8.60 Å². The molecule has 1 N–H and O–H groups in total. The summed E-state index contributed by atoms with van der Waals surface area (Å²) in [5.41, 5.74) is 0. The van der Waals surface area contributed by atoms with Crippen LogP contribution in [0.25, 0.3) is 0 Å². The largest absolute Gasteiger partial charge is 0.317 e. The molecule has 15 heavy (non-hydrogen) atoms. The summed E-state index contributed by atoms with van der Waals surface area (Å²) in [5.74, 6) is 0.132. The van der Waals surface area contributed by atoms with Crippen LogP contribution in [0.5, 0.6) is 0 Å². The number of hydrogen-bond acceptors (Lipinski definition) is 2. The SMILES string of the molecule is CCNCCCS(=O)c1ccccc1F. The number of hydrogen-bond donors (Lipinski definition) is 1. The highest BCUT2D eigenvalue weighted by Crippen LogP contribution is 2.11. The molecule has 0 aromatic heterocycles. The van der Waals surface area contributed by atoms with Crippen LogP contribution in [0.2, 0.25) is 0 Å². The van der Waals surface area contributed by atoms with Crippen molar-refractivity contribution in [1.29, 1.82) is 0 Å². The fraction of sp³-hybridized carbons (Fsp3) is 0.455. The number of nitrogens with one attached hydrogen (secondary N) is 1. The Hall–Kier alpha value is -0.740. The van der Waals surface area contributed by atoms with Crippen molar-refractivity contribution in [2.75, 3.05) is 18.8 Å². The van der Waals surface area contributed by atoms with Gasteiger partial charge in [0.05, 0.1) is 15.7 Å². The van der Waals surface area contributed by atoms with Crippen LogP contribution in [-0.4, -0.2) is 23.1 Å². The highest BCUT2D eigenvalue weighted by Gasteiger charge is 2.07. The Morgan fingerprint density at radius 1 is 1.40 bits per heavy atom. The van der Waals surface area contributed by atoms with Gasteiger partial charge in [-0.2, -0.15) is 0 Å². The lowest BCUT2D eigenvalue weighted by molar-refractivity contribution is 0.594. The van der Waals surface area contributed by atoms with Gasteiger partial charge in [-0.1, -0.05) is 19.1 Å². The Labute approximate surface area is 92.3 Å². The lowest BCUT2D eigenvalue weighted by Crippen LogP contribution is -2.16. The molecule has 0 radical (unpaired) electrons. The summed E-state index contributed by atoms with van der Waals surface area (Å²) in [6.07, 6.45) is 0.800. The van der Waals surface area contributed by atoms with Crippen LogP contribution < -0.4 is 5.32 Å². The van der Waals surface area contributed by atoms with Gasteiger partial charge in [0.25, 0.3) is 0 Å². The third-order valence-corrected chi connectivity index (χ3v) is 3.50. The molecular weight excluding hydrogens is 213 g/mol. The molecule has 84 valence electrons. The lowest BCUT2D eigenvalue weighted by Gasteiger charge is -2.03.